The first-order valence-electron chi connectivity index (χ1n) is 9.98. The Kier molecular flexibility index (Phi) is 5.61. The minimum Gasteiger partial charge on any atom is -0.352 e. The predicted octanol–water partition coefficient (Wildman–Crippen LogP) is 3.72. The molecule has 0 saturated carbocycles. The SMILES string of the molecule is Cc1nc2c(Nc3ccccc3N(C)S(C)(=O)=O)cc(Nc3ccc(C)c(C#N)n3)nc2[nH]1. The number of para-hydroxylation sites is 2. The summed E-state index contributed by atoms with van der Waals surface area (Å²) >= 11 is 0. The third kappa shape index (κ3) is 4.56. The lowest BCUT2D eigenvalue weighted by Gasteiger charge is -2.21. The number of pyridine rings is 2. The monoisotopic (exact) mass is 462 g/mol. The fourth-order valence-electron chi connectivity index (χ4n) is 3.29. The molecule has 4 rings (SSSR count). The average molecular weight is 463 g/mol. The van der Waals surface area contributed by atoms with E-state index in [0.717, 1.165) is 11.8 Å². The van der Waals surface area contributed by atoms with Gasteiger partial charge in [0.05, 0.1) is 23.3 Å². The van der Waals surface area contributed by atoms with Crippen LogP contribution in [-0.2, 0) is 10.0 Å². The van der Waals surface area contributed by atoms with E-state index in [1.165, 1.54) is 11.4 Å². The summed E-state index contributed by atoms with van der Waals surface area (Å²) in [5, 5.41) is 15.7. The fraction of sp³-hybridized carbons (Fsp3) is 0.182. The van der Waals surface area contributed by atoms with Crippen LogP contribution >= 0.6 is 0 Å². The molecule has 0 saturated heterocycles. The maximum atomic E-state index is 12.1. The van der Waals surface area contributed by atoms with Gasteiger partial charge in [-0.3, -0.25) is 4.31 Å². The van der Waals surface area contributed by atoms with Crippen molar-refractivity contribution < 1.29 is 8.42 Å². The molecule has 0 radical (unpaired) electrons. The van der Waals surface area contributed by atoms with E-state index >= 15 is 0 Å². The van der Waals surface area contributed by atoms with Gasteiger partial charge in [-0.05, 0) is 37.6 Å². The van der Waals surface area contributed by atoms with Crippen LogP contribution in [0.15, 0.2) is 42.5 Å². The second-order valence-electron chi connectivity index (χ2n) is 7.55. The number of sulfonamides is 1. The Balaban J connectivity index is 1.77. The van der Waals surface area contributed by atoms with Gasteiger partial charge >= 0.3 is 0 Å². The van der Waals surface area contributed by atoms with E-state index in [2.05, 4.69) is 36.6 Å². The van der Waals surface area contributed by atoms with E-state index in [0.29, 0.717) is 51.4 Å². The molecule has 10 nitrogen and oxygen atoms in total. The zero-order valence-electron chi connectivity index (χ0n) is 18.5. The van der Waals surface area contributed by atoms with Gasteiger partial charge in [-0.2, -0.15) is 5.26 Å². The number of nitrogens with zero attached hydrogens (tertiary/aromatic N) is 5. The molecular formula is C22H22N8O2S. The van der Waals surface area contributed by atoms with Gasteiger partial charge in [0, 0.05) is 13.1 Å². The van der Waals surface area contributed by atoms with E-state index < -0.39 is 10.0 Å². The van der Waals surface area contributed by atoms with E-state index in [1.54, 1.807) is 30.3 Å². The Morgan fingerprint density at radius 3 is 2.48 bits per heavy atom. The molecule has 0 aliphatic rings. The van der Waals surface area contributed by atoms with E-state index in [-0.39, 0.29) is 0 Å². The van der Waals surface area contributed by atoms with Gasteiger partial charge in [-0.15, -0.1) is 0 Å². The zero-order valence-corrected chi connectivity index (χ0v) is 19.3. The molecule has 0 bridgehead atoms. The highest BCUT2D eigenvalue weighted by Gasteiger charge is 2.17. The van der Waals surface area contributed by atoms with E-state index in [9.17, 15) is 13.7 Å². The van der Waals surface area contributed by atoms with Crippen molar-refractivity contribution in [1.82, 2.24) is 19.9 Å². The number of fused-ring (bicyclic) bond motifs is 1. The van der Waals surface area contributed by atoms with Crippen LogP contribution in [0.5, 0.6) is 0 Å². The summed E-state index contributed by atoms with van der Waals surface area (Å²) in [6.45, 7) is 3.64. The third-order valence-electron chi connectivity index (χ3n) is 5.04. The van der Waals surface area contributed by atoms with Crippen molar-refractivity contribution in [3.8, 4) is 6.07 Å². The summed E-state index contributed by atoms with van der Waals surface area (Å²) < 4.78 is 25.4. The lowest BCUT2D eigenvalue weighted by molar-refractivity contribution is 0.600. The molecule has 0 aliphatic heterocycles. The molecule has 11 heteroatoms. The molecule has 0 amide bonds. The van der Waals surface area contributed by atoms with Crippen molar-refractivity contribution in [2.24, 2.45) is 0 Å². The number of hydrogen-bond donors (Lipinski definition) is 3. The topological polar surface area (TPSA) is 140 Å². The van der Waals surface area contributed by atoms with E-state index in [1.807, 2.05) is 26.0 Å². The predicted molar refractivity (Wildman–Crippen MR) is 129 cm³/mol. The summed E-state index contributed by atoms with van der Waals surface area (Å²) in [6, 6.07) is 14.5. The molecule has 3 heterocycles. The Morgan fingerprint density at radius 1 is 1.00 bits per heavy atom. The second kappa shape index (κ2) is 8.40. The number of nitrogens with one attached hydrogen (secondary N) is 3. The zero-order chi connectivity index (χ0) is 23.8. The highest BCUT2D eigenvalue weighted by Crippen LogP contribution is 2.33. The quantitative estimate of drug-likeness (QED) is 0.394. The summed E-state index contributed by atoms with van der Waals surface area (Å²) in [6.07, 6.45) is 1.15. The van der Waals surface area contributed by atoms with Gasteiger partial charge in [0.15, 0.2) is 5.65 Å². The highest BCUT2D eigenvalue weighted by molar-refractivity contribution is 7.92. The number of nitriles is 1. The summed E-state index contributed by atoms with van der Waals surface area (Å²) in [4.78, 5) is 16.5. The smallest absolute Gasteiger partial charge is 0.232 e. The van der Waals surface area contributed by atoms with Crippen molar-refractivity contribution in [2.45, 2.75) is 13.8 Å². The minimum absolute atomic E-state index is 0.328. The van der Waals surface area contributed by atoms with Crippen LogP contribution in [0.2, 0.25) is 0 Å². The van der Waals surface area contributed by atoms with Crippen LogP contribution in [0.1, 0.15) is 17.1 Å². The lowest BCUT2D eigenvalue weighted by atomic mass is 10.2. The van der Waals surface area contributed by atoms with Gasteiger partial charge in [-0.25, -0.2) is 23.4 Å². The normalized spacial score (nSPS) is 11.2. The molecule has 168 valence electrons. The van der Waals surface area contributed by atoms with Crippen molar-refractivity contribution in [2.75, 3.05) is 28.2 Å². The number of aryl methyl sites for hydroxylation is 2. The Morgan fingerprint density at radius 2 is 1.76 bits per heavy atom. The van der Waals surface area contributed by atoms with Gasteiger partial charge in [0.1, 0.15) is 34.7 Å². The largest absolute Gasteiger partial charge is 0.352 e. The van der Waals surface area contributed by atoms with Gasteiger partial charge in [-0.1, -0.05) is 18.2 Å². The summed E-state index contributed by atoms with van der Waals surface area (Å²) in [5.74, 6) is 1.63. The van der Waals surface area contributed by atoms with E-state index in [4.69, 9.17) is 0 Å². The molecule has 0 atom stereocenters. The van der Waals surface area contributed by atoms with Crippen LogP contribution in [0.3, 0.4) is 0 Å². The Hall–Kier alpha value is -4.17. The number of aromatic amines is 1. The number of H-pyrrole nitrogens is 1. The fourth-order valence-corrected chi connectivity index (χ4v) is 3.80. The molecule has 33 heavy (non-hydrogen) atoms. The lowest BCUT2D eigenvalue weighted by Crippen LogP contribution is -2.25. The molecule has 0 spiro atoms. The molecule has 1 aromatic carbocycles. The standard InChI is InChI=1S/C22H22N8O2S/c1-13-9-10-19(27-17(13)12-23)28-20-11-16(21-22(29-20)25-14(2)24-21)26-15-7-5-6-8-18(15)30(3)33(4,31)32/h5-11H,1-4H3,(H3,24,25,26,27,28,29). The van der Waals surface area contributed by atoms with Gasteiger partial charge < -0.3 is 15.6 Å². The number of hydrogen-bond acceptors (Lipinski definition) is 8. The number of aromatic nitrogens is 4. The van der Waals surface area contributed by atoms with Crippen LogP contribution in [0, 0.1) is 25.2 Å². The van der Waals surface area contributed by atoms with Crippen molar-refractivity contribution in [3.05, 3.63) is 59.5 Å². The second-order valence-corrected chi connectivity index (χ2v) is 9.56. The molecule has 0 fully saturated rings. The number of rotatable bonds is 6. The minimum atomic E-state index is -3.46. The van der Waals surface area contributed by atoms with Crippen LogP contribution < -0.4 is 14.9 Å². The van der Waals surface area contributed by atoms with Crippen molar-refractivity contribution in [1.29, 1.82) is 5.26 Å². The maximum Gasteiger partial charge on any atom is 0.232 e. The van der Waals surface area contributed by atoms with Crippen LogP contribution in [0.4, 0.5) is 28.7 Å². The van der Waals surface area contributed by atoms with Crippen molar-refractivity contribution in [3.63, 3.8) is 0 Å². The van der Waals surface area contributed by atoms with Gasteiger partial charge in [0.25, 0.3) is 0 Å². The Labute approximate surface area is 191 Å². The molecule has 0 unspecified atom stereocenters. The molecule has 4 aromatic rings. The van der Waals surface area contributed by atoms with Crippen molar-refractivity contribution >= 4 is 49.9 Å². The molecule has 3 aromatic heterocycles. The highest BCUT2D eigenvalue weighted by atomic mass is 32.2. The average Bonchev–Trinajstić information content (AvgIpc) is 3.14. The van der Waals surface area contributed by atoms with Crippen LogP contribution in [0.25, 0.3) is 11.2 Å². The molecular weight excluding hydrogens is 440 g/mol. The molecule has 0 aliphatic carbocycles. The molecule has 3 N–H and O–H groups in total. The number of benzene rings is 1. The third-order valence-corrected chi connectivity index (χ3v) is 6.23. The first-order valence-corrected chi connectivity index (χ1v) is 11.8. The first-order chi connectivity index (χ1) is 15.7. The summed E-state index contributed by atoms with van der Waals surface area (Å²) in [7, 11) is -1.96. The number of imidazole rings is 1. The van der Waals surface area contributed by atoms with Gasteiger partial charge in [0.2, 0.25) is 10.0 Å². The van der Waals surface area contributed by atoms with Crippen LogP contribution in [-0.4, -0.2) is 41.7 Å². The first kappa shape index (κ1) is 22.0. The Bertz CT molecular complexity index is 1500. The number of anilines is 5. The summed E-state index contributed by atoms with van der Waals surface area (Å²) in [5.41, 5.74) is 3.95. The maximum absolute atomic E-state index is 12.1.